The van der Waals surface area contributed by atoms with Crippen LogP contribution in [-0.2, 0) is 6.42 Å². The molecule has 1 aromatic carbocycles. The SMILES string of the molecule is CCCc1nc(NCC)cc(-c2cccc(F)c2F)n1. The highest BCUT2D eigenvalue weighted by molar-refractivity contribution is 5.63. The predicted molar refractivity (Wildman–Crippen MR) is 75.5 cm³/mol. The van der Waals surface area contributed by atoms with Crippen molar-refractivity contribution in [3.63, 3.8) is 0 Å². The molecular formula is C15H17F2N3. The van der Waals surface area contributed by atoms with Crippen molar-refractivity contribution in [3.8, 4) is 11.3 Å². The molecule has 2 aromatic rings. The third-order valence-corrected chi connectivity index (χ3v) is 2.83. The Bertz CT molecular complexity index is 575. The van der Waals surface area contributed by atoms with E-state index in [1.807, 2.05) is 13.8 Å². The molecular weight excluding hydrogens is 260 g/mol. The third-order valence-electron chi connectivity index (χ3n) is 2.83. The summed E-state index contributed by atoms with van der Waals surface area (Å²) in [4.78, 5) is 8.67. The first kappa shape index (κ1) is 14.4. The maximum absolute atomic E-state index is 13.9. The molecule has 0 radical (unpaired) electrons. The summed E-state index contributed by atoms with van der Waals surface area (Å²) in [5.41, 5.74) is 0.556. The molecule has 0 amide bonds. The van der Waals surface area contributed by atoms with Crippen LogP contribution in [0.2, 0.25) is 0 Å². The van der Waals surface area contributed by atoms with Crippen LogP contribution in [0.3, 0.4) is 0 Å². The van der Waals surface area contributed by atoms with Crippen LogP contribution in [-0.4, -0.2) is 16.5 Å². The standard InChI is InChI=1S/C15H17F2N3/c1-3-6-13-19-12(9-14(20-13)18-4-2)10-7-5-8-11(16)15(10)17/h5,7-9H,3-4,6H2,1-2H3,(H,18,19,20). The molecule has 0 aliphatic carbocycles. The number of aryl methyl sites for hydroxylation is 1. The zero-order valence-electron chi connectivity index (χ0n) is 11.6. The van der Waals surface area contributed by atoms with E-state index < -0.39 is 11.6 Å². The Balaban J connectivity index is 2.51. The van der Waals surface area contributed by atoms with Crippen LogP contribution < -0.4 is 5.32 Å². The van der Waals surface area contributed by atoms with Gasteiger partial charge in [-0.2, -0.15) is 0 Å². The lowest BCUT2D eigenvalue weighted by Crippen LogP contribution is -2.05. The molecule has 0 fully saturated rings. The van der Waals surface area contributed by atoms with Crippen molar-refractivity contribution in [2.75, 3.05) is 11.9 Å². The minimum Gasteiger partial charge on any atom is -0.370 e. The zero-order valence-corrected chi connectivity index (χ0v) is 11.6. The van der Waals surface area contributed by atoms with Crippen LogP contribution in [0, 0.1) is 11.6 Å². The normalized spacial score (nSPS) is 10.6. The van der Waals surface area contributed by atoms with E-state index in [0.717, 1.165) is 12.5 Å². The van der Waals surface area contributed by atoms with Gasteiger partial charge < -0.3 is 5.32 Å². The van der Waals surface area contributed by atoms with E-state index in [1.165, 1.54) is 12.1 Å². The number of rotatable bonds is 5. The summed E-state index contributed by atoms with van der Waals surface area (Å²) in [5.74, 6) is -0.492. The largest absolute Gasteiger partial charge is 0.370 e. The first-order valence-corrected chi connectivity index (χ1v) is 6.72. The number of benzene rings is 1. The smallest absolute Gasteiger partial charge is 0.168 e. The Labute approximate surface area is 117 Å². The van der Waals surface area contributed by atoms with Gasteiger partial charge >= 0.3 is 0 Å². The number of anilines is 1. The lowest BCUT2D eigenvalue weighted by Gasteiger charge is -2.09. The molecule has 20 heavy (non-hydrogen) atoms. The minimum atomic E-state index is -0.879. The first-order valence-electron chi connectivity index (χ1n) is 6.72. The number of hydrogen-bond donors (Lipinski definition) is 1. The highest BCUT2D eigenvalue weighted by Gasteiger charge is 2.13. The molecule has 2 rings (SSSR count). The van der Waals surface area contributed by atoms with E-state index in [-0.39, 0.29) is 5.56 Å². The van der Waals surface area contributed by atoms with Crippen molar-refractivity contribution in [1.29, 1.82) is 0 Å². The molecule has 5 heteroatoms. The average Bonchev–Trinajstić information content (AvgIpc) is 2.42. The van der Waals surface area contributed by atoms with Gasteiger partial charge in [0.05, 0.1) is 5.69 Å². The molecule has 0 atom stereocenters. The van der Waals surface area contributed by atoms with Crippen LogP contribution in [0.15, 0.2) is 24.3 Å². The van der Waals surface area contributed by atoms with Crippen LogP contribution >= 0.6 is 0 Å². The fraction of sp³-hybridized carbons (Fsp3) is 0.333. The maximum atomic E-state index is 13.9. The van der Waals surface area contributed by atoms with Gasteiger partial charge in [-0.3, -0.25) is 0 Å². The van der Waals surface area contributed by atoms with E-state index in [1.54, 1.807) is 6.07 Å². The van der Waals surface area contributed by atoms with E-state index in [0.29, 0.717) is 30.3 Å². The van der Waals surface area contributed by atoms with Gasteiger partial charge in [-0.25, -0.2) is 18.7 Å². The van der Waals surface area contributed by atoms with E-state index in [4.69, 9.17) is 0 Å². The number of halogens is 2. The molecule has 1 heterocycles. The summed E-state index contributed by atoms with van der Waals surface area (Å²) < 4.78 is 27.2. The Morgan fingerprint density at radius 3 is 2.65 bits per heavy atom. The van der Waals surface area contributed by atoms with Crippen molar-refractivity contribution in [1.82, 2.24) is 9.97 Å². The summed E-state index contributed by atoms with van der Waals surface area (Å²) >= 11 is 0. The molecule has 0 bridgehead atoms. The highest BCUT2D eigenvalue weighted by Crippen LogP contribution is 2.24. The Kier molecular flexibility index (Phi) is 4.61. The maximum Gasteiger partial charge on any atom is 0.168 e. The third kappa shape index (κ3) is 3.10. The van der Waals surface area contributed by atoms with Crippen molar-refractivity contribution in [3.05, 3.63) is 41.7 Å². The first-order chi connectivity index (χ1) is 9.65. The number of nitrogens with zero attached hydrogens (tertiary/aromatic N) is 2. The quantitative estimate of drug-likeness (QED) is 0.903. The summed E-state index contributed by atoms with van der Waals surface area (Å²) in [5, 5.41) is 3.08. The Hall–Kier alpha value is -2.04. The van der Waals surface area contributed by atoms with Gasteiger partial charge in [-0.05, 0) is 25.5 Å². The Morgan fingerprint density at radius 1 is 1.15 bits per heavy atom. The second-order valence-electron chi connectivity index (χ2n) is 4.44. The molecule has 0 aliphatic rings. The van der Waals surface area contributed by atoms with Gasteiger partial charge in [0.2, 0.25) is 0 Å². The van der Waals surface area contributed by atoms with Gasteiger partial charge in [0, 0.05) is 24.6 Å². The van der Waals surface area contributed by atoms with Crippen molar-refractivity contribution in [2.45, 2.75) is 26.7 Å². The van der Waals surface area contributed by atoms with Crippen molar-refractivity contribution in [2.24, 2.45) is 0 Å². The van der Waals surface area contributed by atoms with Crippen molar-refractivity contribution >= 4 is 5.82 Å². The average molecular weight is 277 g/mol. The summed E-state index contributed by atoms with van der Waals surface area (Å²) in [6, 6.07) is 5.73. The van der Waals surface area contributed by atoms with Gasteiger partial charge in [0.15, 0.2) is 11.6 Å². The number of aromatic nitrogens is 2. The zero-order chi connectivity index (χ0) is 14.5. The van der Waals surface area contributed by atoms with Crippen LogP contribution in [0.1, 0.15) is 26.1 Å². The summed E-state index contributed by atoms with van der Waals surface area (Å²) in [6.07, 6.45) is 1.59. The molecule has 0 aliphatic heterocycles. The summed E-state index contributed by atoms with van der Waals surface area (Å²) in [6.45, 7) is 4.67. The van der Waals surface area contributed by atoms with Crippen molar-refractivity contribution < 1.29 is 8.78 Å². The van der Waals surface area contributed by atoms with Gasteiger partial charge in [0.1, 0.15) is 11.6 Å². The fourth-order valence-electron chi connectivity index (χ4n) is 1.94. The molecule has 0 saturated carbocycles. The van der Waals surface area contributed by atoms with Crippen LogP contribution in [0.5, 0.6) is 0 Å². The Morgan fingerprint density at radius 2 is 1.95 bits per heavy atom. The topological polar surface area (TPSA) is 37.8 Å². The fourth-order valence-corrected chi connectivity index (χ4v) is 1.94. The second kappa shape index (κ2) is 6.41. The van der Waals surface area contributed by atoms with Gasteiger partial charge in [-0.15, -0.1) is 0 Å². The lowest BCUT2D eigenvalue weighted by atomic mass is 10.1. The van der Waals surface area contributed by atoms with Crippen LogP contribution in [0.4, 0.5) is 14.6 Å². The van der Waals surface area contributed by atoms with E-state index >= 15 is 0 Å². The van der Waals surface area contributed by atoms with Gasteiger partial charge in [0.25, 0.3) is 0 Å². The molecule has 106 valence electrons. The number of hydrogen-bond acceptors (Lipinski definition) is 3. The molecule has 0 saturated heterocycles. The van der Waals surface area contributed by atoms with E-state index in [2.05, 4.69) is 15.3 Å². The molecule has 0 spiro atoms. The molecule has 1 N–H and O–H groups in total. The number of nitrogens with one attached hydrogen (secondary N) is 1. The second-order valence-corrected chi connectivity index (χ2v) is 4.44. The molecule has 0 unspecified atom stereocenters. The van der Waals surface area contributed by atoms with Crippen LogP contribution in [0.25, 0.3) is 11.3 Å². The summed E-state index contributed by atoms with van der Waals surface area (Å²) in [7, 11) is 0. The molecule has 3 nitrogen and oxygen atoms in total. The molecule has 1 aromatic heterocycles. The highest BCUT2D eigenvalue weighted by atomic mass is 19.2. The van der Waals surface area contributed by atoms with E-state index in [9.17, 15) is 8.78 Å². The monoisotopic (exact) mass is 277 g/mol. The predicted octanol–water partition coefficient (Wildman–Crippen LogP) is 3.81. The van der Waals surface area contributed by atoms with Gasteiger partial charge in [-0.1, -0.05) is 13.0 Å². The minimum absolute atomic E-state index is 0.156. The lowest BCUT2D eigenvalue weighted by molar-refractivity contribution is 0.511.